The van der Waals surface area contributed by atoms with Gasteiger partial charge in [0.25, 0.3) is 0 Å². The van der Waals surface area contributed by atoms with Gasteiger partial charge in [-0.3, -0.25) is 4.90 Å². The zero-order valence-electron chi connectivity index (χ0n) is 22.2. The second-order valence-corrected chi connectivity index (χ2v) is 11.6. The largest absolute Gasteiger partial charge is 0.447 e. The molecule has 1 aromatic rings. The molecule has 5 heterocycles. The number of amides is 2. The molecule has 5 aliphatic rings. The number of halogens is 1. The van der Waals surface area contributed by atoms with Gasteiger partial charge < -0.3 is 29.3 Å². The number of rotatable bonds is 5. The Balaban J connectivity index is 1.11. The van der Waals surface area contributed by atoms with Crippen molar-refractivity contribution < 1.29 is 28.2 Å². The SMILES string of the molecule is COCCOC(=O)N1C2CCC1CC(N1CCC3(CC1)CN(C(=O)O[C@@H]1CCNC1)c1ccc(F)cc13)C2. The van der Waals surface area contributed by atoms with E-state index >= 15 is 0 Å². The van der Waals surface area contributed by atoms with Gasteiger partial charge in [-0.15, -0.1) is 0 Å². The Morgan fingerprint density at radius 3 is 2.50 bits per heavy atom. The van der Waals surface area contributed by atoms with Crippen LogP contribution in [0.25, 0.3) is 0 Å². The Labute approximate surface area is 223 Å². The standard InChI is InChI=1S/C28H39FN4O5/c1-36-12-13-37-27(35)33-20-3-4-21(33)16-22(15-20)31-10-7-28(8-11-31)18-32(25-5-2-19(29)14-24(25)28)26(34)38-23-6-9-30-17-23/h2,5,14,20-23,30H,3-4,6-13,15-18H2,1H3/t20?,21?,22?,23-/m1/s1. The van der Waals surface area contributed by atoms with Crippen molar-refractivity contribution in [1.29, 1.82) is 0 Å². The van der Waals surface area contributed by atoms with Gasteiger partial charge in [0.1, 0.15) is 18.5 Å². The zero-order chi connectivity index (χ0) is 26.3. The van der Waals surface area contributed by atoms with Gasteiger partial charge in [0.15, 0.2) is 0 Å². The van der Waals surface area contributed by atoms with Crippen LogP contribution >= 0.6 is 0 Å². The summed E-state index contributed by atoms with van der Waals surface area (Å²) in [5.74, 6) is -0.262. The number of methoxy groups -OCH3 is 1. The molecular weight excluding hydrogens is 491 g/mol. The number of carbonyl (C=O) groups is 2. The average molecular weight is 531 g/mol. The number of ether oxygens (including phenoxy) is 3. The second kappa shape index (κ2) is 10.6. The van der Waals surface area contributed by atoms with Crippen LogP contribution in [0.15, 0.2) is 18.2 Å². The highest BCUT2D eigenvalue weighted by Gasteiger charge is 2.50. The van der Waals surface area contributed by atoms with E-state index in [0.717, 1.165) is 75.8 Å². The first-order valence-electron chi connectivity index (χ1n) is 14.1. The fraction of sp³-hybridized carbons (Fsp3) is 0.714. The van der Waals surface area contributed by atoms with E-state index in [-0.39, 0.29) is 48.2 Å². The number of hydrogen-bond donors (Lipinski definition) is 1. The first-order valence-corrected chi connectivity index (χ1v) is 14.1. The van der Waals surface area contributed by atoms with E-state index in [1.807, 2.05) is 4.90 Å². The number of piperidine rings is 2. The molecule has 0 aromatic heterocycles. The van der Waals surface area contributed by atoms with Crippen molar-refractivity contribution in [2.24, 2.45) is 0 Å². The molecule has 9 nitrogen and oxygen atoms in total. The number of hydrogen-bond acceptors (Lipinski definition) is 7. The van der Waals surface area contributed by atoms with Gasteiger partial charge in [0.2, 0.25) is 0 Å². The van der Waals surface area contributed by atoms with Crippen LogP contribution in [0.3, 0.4) is 0 Å². The Kier molecular flexibility index (Phi) is 7.22. The monoisotopic (exact) mass is 530 g/mol. The van der Waals surface area contributed by atoms with Gasteiger partial charge >= 0.3 is 12.2 Å². The molecule has 10 heteroatoms. The molecule has 2 unspecified atom stereocenters. The lowest BCUT2D eigenvalue weighted by atomic mass is 9.73. The maximum atomic E-state index is 14.4. The first kappa shape index (κ1) is 25.8. The van der Waals surface area contributed by atoms with Gasteiger partial charge in [-0.1, -0.05) is 0 Å². The molecule has 2 bridgehead atoms. The molecule has 1 N–H and O–H groups in total. The second-order valence-electron chi connectivity index (χ2n) is 11.6. The van der Waals surface area contributed by atoms with Crippen LogP contribution in [0.2, 0.25) is 0 Å². The van der Waals surface area contributed by atoms with E-state index in [9.17, 15) is 14.0 Å². The van der Waals surface area contributed by atoms with Gasteiger partial charge in [-0.2, -0.15) is 0 Å². The Morgan fingerprint density at radius 2 is 1.82 bits per heavy atom. The third-order valence-corrected chi connectivity index (χ3v) is 9.49. The molecule has 0 aliphatic carbocycles. The predicted molar refractivity (Wildman–Crippen MR) is 139 cm³/mol. The van der Waals surface area contributed by atoms with E-state index < -0.39 is 0 Å². The summed E-state index contributed by atoms with van der Waals surface area (Å²) < 4.78 is 30.6. The molecule has 0 radical (unpaired) electrons. The third-order valence-electron chi connectivity index (χ3n) is 9.49. The highest BCUT2D eigenvalue weighted by molar-refractivity contribution is 5.91. The molecule has 4 saturated heterocycles. The van der Waals surface area contributed by atoms with Crippen LogP contribution in [-0.4, -0.2) is 99.3 Å². The topological polar surface area (TPSA) is 83.6 Å². The Bertz CT molecular complexity index is 1030. The molecule has 1 spiro atoms. The third kappa shape index (κ3) is 4.75. The molecule has 0 saturated carbocycles. The summed E-state index contributed by atoms with van der Waals surface area (Å²) in [5.41, 5.74) is 1.47. The fourth-order valence-corrected chi connectivity index (χ4v) is 7.52. The smallest absolute Gasteiger partial charge is 0.414 e. The van der Waals surface area contributed by atoms with Crippen molar-refractivity contribution in [3.8, 4) is 0 Å². The highest BCUT2D eigenvalue weighted by Crippen LogP contribution is 2.49. The number of nitrogens with one attached hydrogen (secondary N) is 1. The van der Waals surface area contributed by atoms with Crippen molar-refractivity contribution in [3.63, 3.8) is 0 Å². The van der Waals surface area contributed by atoms with Crippen molar-refractivity contribution >= 4 is 17.9 Å². The maximum Gasteiger partial charge on any atom is 0.414 e. The Hall–Kier alpha value is -2.43. The molecule has 6 rings (SSSR count). The molecular formula is C28H39FN4O5. The summed E-state index contributed by atoms with van der Waals surface area (Å²) >= 11 is 0. The summed E-state index contributed by atoms with van der Waals surface area (Å²) in [5, 5.41) is 3.23. The first-order chi connectivity index (χ1) is 18.5. The summed E-state index contributed by atoms with van der Waals surface area (Å²) in [4.78, 5) is 32.1. The number of carbonyl (C=O) groups excluding carboxylic acids is 2. The van der Waals surface area contributed by atoms with Crippen LogP contribution in [0.5, 0.6) is 0 Å². The molecule has 2 amide bonds. The summed E-state index contributed by atoms with van der Waals surface area (Å²) in [6.07, 6.45) is 5.88. The van der Waals surface area contributed by atoms with Crippen molar-refractivity contribution in [2.75, 3.05) is 57.9 Å². The van der Waals surface area contributed by atoms with E-state index in [4.69, 9.17) is 14.2 Å². The van der Waals surface area contributed by atoms with Crippen molar-refractivity contribution in [1.82, 2.24) is 15.1 Å². The van der Waals surface area contributed by atoms with Crippen LogP contribution in [0.1, 0.15) is 50.5 Å². The lowest BCUT2D eigenvalue weighted by Crippen LogP contribution is -2.55. The highest BCUT2D eigenvalue weighted by atomic mass is 19.1. The lowest BCUT2D eigenvalue weighted by molar-refractivity contribution is 0.0194. The number of benzene rings is 1. The molecule has 1 aromatic carbocycles. The molecule has 208 valence electrons. The molecule has 3 atom stereocenters. The van der Waals surface area contributed by atoms with Crippen LogP contribution in [0, 0.1) is 5.82 Å². The van der Waals surface area contributed by atoms with Crippen LogP contribution in [0.4, 0.5) is 19.7 Å². The minimum Gasteiger partial charge on any atom is -0.447 e. The lowest BCUT2D eigenvalue weighted by Gasteiger charge is -2.47. The molecule has 4 fully saturated rings. The molecule has 38 heavy (non-hydrogen) atoms. The van der Waals surface area contributed by atoms with Gasteiger partial charge in [-0.25, -0.2) is 14.0 Å². The van der Waals surface area contributed by atoms with Crippen LogP contribution in [-0.2, 0) is 19.6 Å². The van der Waals surface area contributed by atoms with Gasteiger partial charge in [0, 0.05) is 43.7 Å². The van der Waals surface area contributed by atoms with E-state index in [1.165, 1.54) is 6.07 Å². The maximum absolute atomic E-state index is 14.4. The quantitative estimate of drug-likeness (QED) is 0.585. The van der Waals surface area contributed by atoms with Crippen molar-refractivity contribution in [3.05, 3.63) is 29.6 Å². The number of anilines is 1. The number of nitrogens with zero attached hydrogens (tertiary/aromatic N) is 3. The molecule has 5 aliphatic heterocycles. The summed E-state index contributed by atoms with van der Waals surface area (Å²) in [6, 6.07) is 5.68. The summed E-state index contributed by atoms with van der Waals surface area (Å²) in [6.45, 7) is 4.56. The minimum absolute atomic E-state index is 0.108. The average Bonchev–Trinajstić information content (AvgIpc) is 3.60. The number of fused-ring (bicyclic) bond motifs is 4. The van der Waals surface area contributed by atoms with E-state index in [2.05, 4.69) is 10.2 Å². The van der Waals surface area contributed by atoms with Crippen molar-refractivity contribution in [2.45, 2.75) is 74.6 Å². The van der Waals surface area contributed by atoms with Crippen LogP contribution < -0.4 is 10.2 Å². The van der Waals surface area contributed by atoms with Gasteiger partial charge in [0.05, 0.1) is 12.3 Å². The minimum atomic E-state index is -0.327. The Morgan fingerprint density at radius 1 is 1.05 bits per heavy atom. The normalized spacial score (nSPS) is 30.1. The fourth-order valence-electron chi connectivity index (χ4n) is 7.52. The summed E-state index contributed by atoms with van der Waals surface area (Å²) in [7, 11) is 1.60. The number of likely N-dealkylation sites (tertiary alicyclic amines) is 1. The zero-order valence-corrected chi connectivity index (χ0v) is 22.2. The van der Waals surface area contributed by atoms with E-state index in [1.54, 1.807) is 24.1 Å². The predicted octanol–water partition coefficient (Wildman–Crippen LogP) is 3.26. The van der Waals surface area contributed by atoms with Gasteiger partial charge in [-0.05, 0) is 88.3 Å². The van der Waals surface area contributed by atoms with E-state index in [0.29, 0.717) is 25.7 Å².